The number of hydrogen-bond acceptors (Lipinski definition) is 24. The Labute approximate surface area is 614 Å². The summed E-state index contributed by atoms with van der Waals surface area (Å²) in [6, 6.07) is 22.3. The minimum absolute atomic E-state index is 0.128. The quantitative estimate of drug-likeness (QED) is 0.0988. The van der Waals surface area contributed by atoms with E-state index in [0.717, 1.165) is 130 Å². The molecule has 32 heteroatoms. The van der Waals surface area contributed by atoms with Crippen LogP contribution in [0.25, 0.3) is 130 Å². The summed E-state index contributed by atoms with van der Waals surface area (Å²) in [4.78, 5) is 74.2. The number of thiophene rings is 4. The Hall–Kier alpha value is -10.0. The molecular weight excluding hydrogens is 1460 g/mol. The maximum absolute atomic E-state index is 12.7. The van der Waals surface area contributed by atoms with E-state index in [1.165, 1.54) is 45.3 Å². The van der Waals surface area contributed by atoms with Crippen molar-refractivity contribution in [1.82, 2.24) is 82.5 Å². The third-order valence-corrected chi connectivity index (χ3v) is 23.4. The second-order valence-electron chi connectivity index (χ2n) is 23.2. The molecule has 0 aliphatic carbocycles. The zero-order chi connectivity index (χ0) is 72.3. The molecule has 0 radical (unpaired) electrons. The monoisotopic (exact) mass is 1520 g/mol. The third kappa shape index (κ3) is 12.8. The molecule has 0 spiro atoms. The van der Waals surface area contributed by atoms with Crippen LogP contribution < -0.4 is 21.3 Å². The standard InChI is InChI=1S/2C18H15ClN4O2S.2C17H13ClN4O2S/c2*1-4-20-17(24)16-14(10-5-6-11-12(7-10)23-25-22-11)13-8(2)15(19)9(3)21-18(13)26-16;2*1-7-12-13(9-4-5-10-11(6-9)22-24-21-10)15(16(23)19-3)25-17(12)20-8(2)14(7)18/h2*5-7H,4H2,1-3H3,(H,20,24);2*4-6H,1-3H3,(H,19,23). The second-order valence-corrected chi connectivity index (χ2v) is 28.7. The largest absolute Gasteiger partial charge is 0.354 e. The Morgan fingerprint density at radius 2 is 0.559 bits per heavy atom. The molecule has 0 fully saturated rings. The van der Waals surface area contributed by atoms with Crippen molar-refractivity contribution >= 4 is 200 Å². The van der Waals surface area contributed by atoms with E-state index >= 15 is 0 Å². The third-order valence-electron chi connectivity index (χ3n) is 16.8. The van der Waals surface area contributed by atoms with Gasteiger partial charge in [-0.05, 0) is 204 Å². The second kappa shape index (κ2) is 28.8. The molecule has 516 valence electrons. The molecule has 4 N–H and O–H groups in total. The zero-order valence-electron chi connectivity index (χ0n) is 56.1. The number of halogens is 4. The zero-order valence-corrected chi connectivity index (χ0v) is 62.4. The van der Waals surface area contributed by atoms with Crippen molar-refractivity contribution in [2.24, 2.45) is 0 Å². The van der Waals surface area contributed by atoms with Crippen molar-refractivity contribution in [2.75, 3.05) is 27.2 Å². The van der Waals surface area contributed by atoms with Crippen LogP contribution in [-0.2, 0) is 0 Å². The number of aryl methyl sites for hydroxylation is 8. The van der Waals surface area contributed by atoms with Gasteiger partial charge in [0.05, 0.1) is 42.9 Å². The van der Waals surface area contributed by atoms with E-state index < -0.39 is 0 Å². The molecule has 4 aromatic carbocycles. The highest BCUT2D eigenvalue weighted by atomic mass is 35.5. The van der Waals surface area contributed by atoms with Crippen molar-refractivity contribution in [1.29, 1.82) is 0 Å². The molecule has 24 nitrogen and oxygen atoms in total. The Bertz CT molecular complexity index is 5730. The number of carbonyl (C=O) groups is 4. The van der Waals surface area contributed by atoms with Gasteiger partial charge >= 0.3 is 0 Å². The fraction of sp³-hybridized carbons (Fsp3) is 0.200. The maximum Gasteiger partial charge on any atom is 0.262 e. The highest BCUT2D eigenvalue weighted by Gasteiger charge is 2.29. The molecular formula is C70H56Cl4N16O8S4. The lowest BCUT2D eigenvalue weighted by atomic mass is 9.99. The lowest BCUT2D eigenvalue weighted by Crippen LogP contribution is -2.22. The minimum Gasteiger partial charge on any atom is -0.354 e. The average molecular weight is 1520 g/mol. The normalized spacial score (nSPS) is 11.4. The first-order chi connectivity index (χ1) is 49.0. The lowest BCUT2D eigenvalue weighted by Gasteiger charge is -2.08. The Kier molecular flexibility index (Phi) is 19.9. The van der Waals surface area contributed by atoms with Gasteiger partial charge in [0, 0.05) is 71.0 Å². The van der Waals surface area contributed by atoms with Gasteiger partial charge in [-0.1, -0.05) is 70.7 Å². The van der Waals surface area contributed by atoms with Crippen LogP contribution in [0.2, 0.25) is 20.1 Å². The highest BCUT2D eigenvalue weighted by molar-refractivity contribution is 7.22. The van der Waals surface area contributed by atoms with Gasteiger partial charge in [0.25, 0.3) is 23.6 Å². The summed E-state index contributed by atoms with van der Waals surface area (Å²) >= 11 is 31.2. The molecule has 12 aromatic heterocycles. The molecule has 0 saturated carbocycles. The van der Waals surface area contributed by atoms with Crippen LogP contribution in [0.1, 0.15) is 97.6 Å². The Morgan fingerprint density at radius 3 is 0.775 bits per heavy atom. The van der Waals surface area contributed by atoms with Crippen molar-refractivity contribution in [3.05, 3.63) is 157 Å². The first-order valence-electron chi connectivity index (χ1n) is 31.3. The first-order valence-corrected chi connectivity index (χ1v) is 36.1. The van der Waals surface area contributed by atoms with Crippen LogP contribution in [0.3, 0.4) is 0 Å². The van der Waals surface area contributed by atoms with Crippen molar-refractivity contribution in [3.63, 3.8) is 0 Å². The summed E-state index contributed by atoms with van der Waals surface area (Å²) in [6.07, 6.45) is 0. The van der Waals surface area contributed by atoms with Crippen LogP contribution in [0.4, 0.5) is 0 Å². The van der Waals surface area contributed by atoms with Crippen molar-refractivity contribution in [2.45, 2.75) is 69.2 Å². The van der Waals surface area contributed by atoms with Gasteiger partial charge in [-0.15, -0.1) is 45.3 Å². The van der Waals surface area contributed by atoms with Crippen molar-refractivity contribution < 1.29 is 37.7 Å². The summed E-state index contributed by atoms with van der Waals surface area (Å²) in [5, 5.41) is 48.1. The molecule has 16 rings (SSSR count). The molecule has 0 saturated heterocycles. The molecule has 102 heavy (non-hydrogen) atoms. The molecule has 16 aromatic rings. The number of pyridine rings is 4. The van der Waals surface area contributed by atoms with E-state index in [4.69, 9.17) is 64.9 Å². The molecule has 0 bridgehead atoms. The van der Waals surface area contributed by atoms with E-state index in [0.29, 0.717) is 96.8 Å². The van der Waals surface area contributed by atoms with Gasteiger partial charge in [-0.3, -0.25) is 19.2 Å². The van der Waals surface area contributed by atoms with Crippen LogP contribution in [-0.4, -0.2) is 112 Å². The molecule has 4 amide bonds. The average Bonchev–Trinajstić information content (AvgIpc) is 1.61. The summed E-state index contributed by atoms with van der Waals surface area (Å²) < 4.78 is 19.1. The Balaban J connectivity index is 0.000000121. The minimum atomic E-state index is -0.162. The number of nitrogens with one attached hydrogen (secondary N) is 4. The summed E-state index contributed by atoms with van der Waals surface area (Å²) in [7, 11) is 3.22. The van der Waals surface area contributed by atoms with Crippen LogP contribution in [0.15, 0.2) is 91.3 Å². The summed E-state index contributed by atoms with van der Waals surface area (Å²) in [6.45, 7) is 20.1. The predicted octanol–water partition coefficient (Wildman–Crippen LogP) is 17.3. The van der Waals surface area contributed by atoms with E-state index in [1.807, 2.05) is 142 Å². The van der Waals surface area contributed by atoms with Gasteiger partial charge in [-0.25, -0.2) is 38.5 Å². The molecule has 0 aliphatic rings. The number of carbonyl (C=O) groups excluding carboxylic acids is 4. The van der Waals surface area contributed by atoms with E-state index in [2.05, 4.69) is 82.5 Å². The molecule has 0 aliphatic heterocycles. The Morgan fingerprint density at radius 1 is 0.343 bits per heavy atom. The van der Waals surface area contributed by atoms with Gasteiger partial charge in [0.1, 0.15) is 83.0 Å². The van der Waals surface area contributed by atoms with Crippen LogP contribution in [0.5, 0.6) is 0 Å². The van der Waals surface area contributed by atoms with Crippen molar-refractivity contribution in [3.8, 4) is 44.5 Å². The molecule has 0 atom stereocenters. The summed E-state index contributed by atoms with van der Waals surface area (Å²) in [5.74, 6) is -0.580. The van der Waals surface area contributed by atoms with Gasteiger partial charge in [-0.2, -0.15) is 0 Å². The SMILES string of the molecule is CCNC(=O)c1sc2nc(C)c(Cl)c(C)c2c1-c1ccc2nonc2c1.CCNC(=O)c1sc2nc(C)c(Cl)c(C)c2c1-c1ccc2nonc2c1.CNC(=O)c1sc2nc(C)c(Cl)c(C)c2c1-c1ccc2nonc2c1.CNC(=O)c1sc2nc(C)c(Cl)c(C)c2c1-c1ccc2nonc2c1. The fourth-order valence-corrected chi connectivity index (χ4v) is 17.4. The smallest absolute Gasteiger partial charge is 0.262 e. The van der Waals surface area contributed by atoms with Crippen LogP contribution in [0, 0.1) is 55.4 Å². The van der Waals surface area contributed by atoms with E-state index in [9.17, 15) is 19.2 Å². The molecule has 12 heterocycles. The number of hydrogen-bond donors (Lipinski definition) is 4. The number of amides is 4. The first kappa shape index (κ1) is 70.4. The highest BCUT2D eigenvalue weighted by Crippen LogP contribution is 2.47. The van der Waals surface area contributed by atoms with E-state index in [-0.39, 0.29) is 23.6 Å². The van der Waals surface area contributed by atoms with Crippen LogP contribution >= 0.6 is 91.8 Å². The summed E-state index contributed by atoms with van der Waals surface area (Å²) in [5.41, 5.74) is 18.4. The predicted molar refractivity (Wildman–Crippen MR) is 402 cm³/mol. The van der Waals surface area contributed by atoms with Gasteiger partial charge in [0.2, 0.25) is 0 Å². The number of nitrogens with zero attached hydrogens (tertiary/aromatic N) is 12. The lowest BCUT2D eigenvalue weighted by molar-refractivity contribution is 0.0952. The number of fused-ring (bicyclic) bond motifs is 8. The number of benzene rings is 4. The number of aromatic nitrogens is 12. The molecule has 0 unspecified atom stereocenters. The van der Waals surface area contributed by atoms with Gasteiger partial charge < -0.3 is 21.3 Å². The topological polar surface area (TPSA) is 324 Å². The fourth-order valence-electron chi connectivity index (χ4n) is 11.9. The van der Waals surface area contributed by atoms with E-state index in [1.54, 1.807) is 14.1 Å². The van der Waals surface area contributed by atoms with Gasteiger partial charge in [0.15, 0.2) is 0 Å². The maximum atomic E-state index is 12.7. The number of rotatable bonds is 10.